The van der Waals surface area contributed by atoms with Gasteiger partial charge in [0, 0.05) is 16.7 Å². The third kappa shape index (κ3) is 4.25. The molecule has 1 aliphatic heterocycles. The number of fused-ring (bicyclic) bond motifs is 1. The van der Waals surface area contributed by atoms with Gasteiger partial charge in [-0.25, -0.2) is 0 Å². The summed E-state index contributed by atoms with van der Waals surface area (Å²) in [6.07, 6.45) is -1.43. The van der Waals surface area contributed by atoms with E-state index in [0.29, 0.717) is 29.7 Å². The van der Waals surface area contributed by atoms with E-state index < -0.39 is 11.7 Å². The van der Waals surface area contributed by atoms with Gasteiger partial charge in [0.1, 0.15) is 6.61 Å². The number of halogens is 3. The minimum absolute atomic E-state index is 0.0781. The van der Waals surface area contributed by atoms with Crippen molar-refractivity contribution in [1.29, 1.82) is 0 Å². The second-order valence-electron chi connectivity index (χ2n) is 6.40. The van der Waals surface area contributed by atoms with Crippen LogP contribution in [-0.4, -0.2) is 30.9 Å². The highest BCUT2D eigenvalue weighted by atomic mass is 32.2. The normalized spacial score (nSPS) is 21.3. The number of carbonyl (C=O) groups excluding carboxylic acids is 1. The van der Waals surface area contributed by atoms with Crippen LogP contribution in [0.1, 0.15) is 31.7 Å². The average molecular weight is 359 g/mol. The van der Waals surface area contributed by atoms with Crippen LogP contribution in [0.15, 0.2) is 23.1 Å². The van der Waals surface area contributed by atoms with Gasteiger partial charge in [-0.2, -0.15) is 13.2 Å². The summed E-state index contributed by atoms with van der Waals surface area (Å²) in [6, 6.07) is 3.63. The first-order valence-corrected chi connectivity index (χ1v) is 8.98. The molecule has 0 aromatic heterocycles. The summed E-state index contributed by atoms with van der Waals surface area (Å²) >= 11 is 1.51. The van der Waals surface area contributed by atoms with Gasteiger partial charge in [-0.15, -0.1) is 11.8 Å². The van der Waals surface area contributed by atoms with Crippen molar-refractivity contribution >= 4 is 23.4 Å². The van der Waals surface area contributed by atoms with Crippen molar-refractivity contribution in [2.24, 2.45) is 5.92 Å². The van der Waals surface area contributed by atoms with E-state index in [1.807, 2.05) is 6.92 Å². The number of thioether (sulfide) groups is 1. The molecule has 0 saturated heterocycles. The van der Waals surface area contributed by atoms with Crippen LogP contribution in [0.25, 0.3) is 0 Å². The Balaban J connectivity index is 1.82. The Kier molecular flexibility index (Phi) is 5.11. The molecule has 24 heavy (non-hydrogen) atoms. The Morgan fingerprint density at radius 1 is 1.33 bits per heavy atom. The Morgan fingerprint density at radius 3 is 2.75 bits per heavy atom. The quantitative estimate of drug-likeness (QED) is 0.800. The van der Waals surface area contributed by atoms with Crippen LogP contribution >= 0.6 is 11.8 Å². The zero-order chi connectivity index (χ0) is 17.3. The fourth-order valence-corrected chi connectivity index (χ4v) is 3.74. The van der Waals surface area contributed by atoms with Gasteiger partial charge in [0.25, 0.3) is 5.91 Å². The molecule has 1 aliphatic carbocycles. The Hall–Kier alpha value is -1.21. The van der Waals surface area contributed by atoms with Crippen LogP contribution in [0.3, 0.4) is 0 Å². The predicted octanol–water partition coefficient (Wildman–Crippen LogP) is 4.35. The monoisotopic (exact) mass is 359 g/mol. The van der Waals surface area contributed by atoms with E-state index in [0.717, 1.165) is 31.4 Å². The van der Waals surface area contributed by atoms with Gasteiger partial charge in [0.2, 0.25) is 0 Å². The first-order valence-electron chi connectivity index (χ1n) is 8.10. The van der Waals surface area contributed by atoms with Gasteiger partial charge >= 0.3 is 6.18 Å². The van der Waals surface area contributed by atoms with E-state index in [2.05, 4.69) is 0 Å². The number of alkyl halides is 3. The Labute approximate surface area is 143 Å². The van der Waals surface area contributed by atoms with Crippen LogP contribution in [0, 0.1) is 5.92 Å². The fraction of sp³-hybridized carbons (Fsp3) is 0.588. The van der Waals surface area contributed by atoms with E-state index in [9.17, 15) is 18.0 Å². The Bertz CT molecular complexity index is 616. The second-order valence-corrected chi connectivity index (χ2v) is 7.88. The number of carbonyl (C=O) groups is 1. The number of anilines is 1. The molecule has 1 unspecified atom stereocenters. The molecule has 2 aliphatic rings. The largest absolute Gasteiger partial charge is 0.416 e. The lowest BCUT2D eigenvalue weighted by Crippen LogP contribution is -2.35. The maximum atomic E-state index is 13.0. The maximum absolute atomic E-state index is 13.0. The minimum atomic E-state index is -4.42. The summed E-state index contributed by atoms with van der Waals surface area (Å²) < 4.78 is 44.5. The number of hydrogen-bond donors (Lipinski definition) is 0. The third-order valence-corrected chi connectivity index (χ3v) is 5.48. The summed E-state index contributed by atoms with van der Waals surface area (Å²) in [5.41, 5.74) is -0.382. The molecule has 1 heterocycles. The topological polar surface area (TPSA) is 29.5 Å². The van der Waals surface area contributed by atoms with Gasteiger partial charge in [0.15, 0.2) is 0 Å². The maximum Gasteiger partial charge on any atom is 0.416 e. The van der Waals surface area contributed by atoms with Crippen molar-refractivity contribution in [3.05, 3.63) is 23.8 Å². The summed E-state index contributed by atoms with van der Waals surface area (Å²) in [5.74, 6) is 0.271. The Morgan fingerprint density at radius 2 is 2.08 bits per heavy atom. The van der Waals surface area contributed by atoms with Crippen LogP contribution in [0.2, 0.25) is 0 Å². The molecule has 3 nitrogen and oxygen atoms in total. The third-order valence-electron chi connectivity index (χ3n) is 4.24. The lowest BCUT2D eigenvalue weighted by atomic mass is 10.1. The molecule has 0 N–H and O–H groups in total. The van der Waals surface area contributed by atoms with Crippen molar-refractivity contribution < 1.29 is 22.7 Å². The van der Waals surface area contributed by atoms with E-state index in [-0.39, 0.29) is 17.8 Å². The SMILES string of the molecule is CC1CCN(C(=O)COCC2CC2)c2cc(C(F)(F)F)ccc2S1. The number of benzene rings is 1. The molecule has 1 aromatic carbocycles. The van der Waals surface area contributed by atoms with E-state index in [4.69, 9.17) is 4.74 Å². The minimum Gasteiger partial charge on any atom is -0.371 e. The number of hydrogen-bond acceptors (Lipinski definition) is 3. The van der Waals surface area contributed by atoms with Crippen LogP contribution in [-0.2, 0) is 15.7 Å². The lowest BCUT2D eigenvalue weighted by Gasteiger charge is -2.23. The van der Waals surface area contributed by atoms with Gasteiger partial charge in [-0.05, 0) is 43.4 Å². The van der Waals surface area contributed by atoms with Crippen molar-refractivity contribution in [2.75, 3.05) is 24.7 Å². The highest BCUT2D eigenvalue weighted by molar-refractivity contribution is 8.00. The van der Waals surface area contributed by atoms with E-state index >= 15 is 0 Å². The fourth-order valence-electron chi connectivity index (χ4n) is 2.65. The summed E-state index contributed by atoms with van der Waals surface area (Å²) in [7, 11) is 0. The zero-order valence-electron chi connectivity index (χ0n) is 13.4. The first-order chi connectivity index (χ1) is 11.3. The highest BCUT2D eigenvalue weighted by Gasteiger charge is 2.33. The first kappa shape index (κ1) is 17.6. The van der Waals surface area contributed by atoms with Gasteiger partial charge in [-0.3, -0.25) is 4.79 Å². The molecular weight excluding hydrogens is 339 g/mol. The van der Waals surface area contributed by atoms with Crippen molar-refractivity contribution in [1.82, 2.24) is 0 Å². The molecule has 3 rings (SSSR count). The van der Waals surface area contributed by atoms with Crippen LogP contribution < -0.4 is 4.90 Å². The summed E-state index contributed by atoms with van der Waals surface area (Å²) in [5, 5.41) is 0.241. The summed E-state index contributed by atoms with van der Waals surface area (Å²) in [6.45, 7) is 2.91. The molecule has 132 valence electrons. The summed E-state index contributed by atoms with van der Waals surface area (Å²) in [4.78, 5) is 14.7. The molecule has 1 amide bonds. The second kappa shape index (κ2) is 6.96. The van der Waals surface area contributed by atoms with Crippen molar-refractivity contribution in [2.45, 2.75) is 42.5 Å². The predicted molar refractivity (Wildman–Crippen MR) is 87.3 cm³/mol. The number of nitrogens with zero attached hydrogens (tertiary/aromatic N) is 1. The molecule has 0 spiro atoms. The van der Waals surface area contributed by atoms with Gasteiger partial charge in [0.05, 0.1) is 17.9 Å². The number of ether oxygens (including phenoxy) is 1. The van der Waals surface area contributed by atoms with Crippen molar-refractivity contribution in [3.8, 4) is 0 Å². The van der Waals surface area contributed by atoms with Crippen LogP contribution in [0.4, 0.5) is 18.9 Å². The number of amides is 1. The molecule has 1 saturated carbocycles. The van der Waals surface area contributed by atoms with E-state index in [1.54, 1.807) is 0 Å². The van der Waals surface area contributed by atoms with Gasteiger partial charge in [-0.1, -0.05) is 6.92 Å². The van der Waals surface area contributed by atoms with Crippen LogP contribution in [0.5, 0.6) is 0 Å². The molecule has 7 heteroatoms. The van der Waals surface area contributed by atoms with E-state index in [1.165, 1.54) is 22.7 Å². The lowest BCUT2D eigenvalue weighted by molar-refractivity contribution is -0.137. The molecular formula is C17H20F3NO2S. The standard InChI is InChI=1S/C17H20F3NO2S/c1-11-6-7-21(16(22)10-23-9-12-2-3-12)14-8-13(17(18,19)20)4-5-15(14)24-11/h4-5,8,11-12H,2-3,6-7,9-10H2,1H3. The molecule has 1 atom stereocenters. The molecule has 0 radical (unpaired) electrons. The number of rotatable bonds is 4. The molecule has 0 bridgehead atoms. The van der Waals surface area contributed by atoms with Gasteiger partial charge < -0.3 is 9.64 Å². The molecule has 1 fully saturated rings. The van der Waals surface area contributed by atoms with Crippen molar-refractivity contribution in [3.63, 3.8) is 0 Å². The highest BCUT2D eigenvalue weighted by Crippen LogP contribution is 2.41. The molecule has 1 aromatic rings. The smallest absolute Gasteiger partial charge is 0.371 e. The average Bonchev–Trinajstić information content (AvgIpc) is 3.32. The zero-order valence-corrected chi connectivity index (χ0v) is 14.3.